The minimum Gasteiger partial charge on any atom is -0.508 e. The summed E-state index contributed by atoms with van der Waals surface area (Å²) in [6, 6.07) is 5.33. The molecule has 1 aliphatic heterocycles. The second-order valence-electron chi connectivity index (χ2n) is 7.16. The third-order valence-corrected chi connectivity index (χ3v) is 4.54. The van der Waals surface area contributed by atoms with E-state index in [-0.39, 0.29) is 0 Å². The van der Waals surface area contributed by atoms with Gasteiger partial charge in [-0.2, -0.15) is 0 Å². The first-order chi connectivity index (χ1) is 9.36. The fourth-order valence-electron chi connectivity index (χ4n) is 3.15. The second kappa shape index (κ2) is 6.04. The first-order valence-electron chi connectivity index (χ1n) is 7.66. The topological polar surface area (TPSA) is 49.5 Å². The maximum Gasteiger partial charge on any atom is 0.120 e. The van der Waals surface area contributed by atoms with Crippen molar-refractivity contribution < 1.29 is 5.11 Å². The molecule has 0 radical (unpaired) electrons. The molecule has 1 atom stereocenters. The van der Waals surface area contributed by atoms with Gasteiger partial charge in [-0.25, -0.2) is 0 Å². The number of hydrogen-bond donors (Lipinski definition) is 2. The number of nitrogens with two attached hydrogens (primary N) is 1. The molecule has 3 nitrogen and oxygen atoms in total. The van der Waals surface area contributed by atoms with E-state index in [1.54, 1.807) is 12.1 Å². The van der Waals surface area contributed by atoms with Gasteiger partial charge in [0.1, 0.15) is 5.75 Å². The molecule has 1 aromatic carbocycles. The van der Waals surface area contributed by atoms with E-state index in [0.717, 1.165) is 36.8 Å². The average Bonchev–Trinajstić information content (AvgIpc) is 2.59. The van der Waals surface area contributed by atoms with Crippen LogP contribution in [0.4, 0.5) is 5.69 Å². The minimum atomic E-state index is 0.357. The van der Waals surface area contributed by atoms with Crippen molar-refractivity contribution in [3.63, 3.8) is 0 Å². The van der Waals surface area contributed by atoms with Crippen LogP contribution in [0.1, 0.15) is 45.6 Å². The van der Waals surface area contributed by atoms with Crippen molar-refractivity contribution in [3.05, 3.63) is 23.8 Å². The van der Waals surface area contributed by atoms with Gasteiger partial charge in [0.2, 0.25) is 0 Å². The number of phenols is 1. The van der Waals surface area contributed by atoms with Crippen LogP contribution in [0.3, 0.4) is 0 Å². The van der Waals surface area contributed by atoms with Crippen molar-refractivity contribution in [2.75, 3.05) is 18.8 Å². The third kappa shape index (κ3) is 3.89. The standard InChI is InChI=1S/C17H28N2O/c1-17(2,3)14-5-4-9-19(10-8-14)12-13-11-15(18)6-7-16(13)20/h6-7,11,14,20H,4-5,8-10,12,18H2,1-3H3. The number of likely N-dealkylation sites (tertiary alicyclic amines) is 1. The van der Waals surface area contributed by atoms with Gasteiger partial charge in [0.05, 0.1) is 0 Å². The summed E-state index contributed by atoms with van der Waals surface area (Å²) < 4.78 is 0. The molecule has 20 heavy (non-hydrogen) atoms. The van der Waals surface area contributed by atoms with Gasteiger partial charge in [-0.15, -0.1) is 0 Å². The van der Waals surface area contributed by atoms with E-state index in [2.05, 4.69) is 25.7 Å². The number of aromatic hydroxyl groups is 1. The van der Waals surface area contributed by atoms with Crippen molar-refractivity contribution in [2.45, 2.75) is 46.6 Å². The Morgan fingerprint density at radius 2 is 2.00 bits per heavy atom. The van der Waals surface area contributed by atoms with Crippen LogP contribution in [0.2, 0.25) is 0 Å². The molecule has 1 heterocycles. The number of phenolic OH excluding ortho intramolecular Hbond substituents is 1. The van der Waals surface area contributed by atoms with Crippen molar-refractivity contribution >= 4 is 5.69 Å². The van der Waals surface area contributed by atoms with E-state index in [9.17, 15) is 5.11 Å². The Hall–Kier alpha value is -1.22. The average molecular weight is 276 g/mol. The maximum atomic E-state index is 9.93. The van der Waals surface area contributed by atoms with Gasteiger partial charge in [-0.3, -0.25) is 4.90 Å². The Bertz CT molecular complexity index is 451. The highest BCUT2D eigenvalue weighted by Gasteiger charge is 2.27. The lowest BCUT2D eigenvalue weighted by atomic mass is 9.77. The SMILES string of the molecule is CC(C)(C)C1CCCN(Cc2cc(N)ccc2O)CC1. The summed E-state index contributed by atoms with van der Waals surface area (Å²) in [5, 5.41) is 9.93. The van der Waals surface area contributed by atoms with Gasteiger partial charge < -0.3 is 10.8 Å². The quantitative estimate of drug-likeness (QED) is 0.640. The highest BCUT2D eigenvalue weighted by atomic mass is 16.3. The van der Waals surface area contributed by atoms with Crippen LogP contribution in [0.5, 0.6) is 5.75 Å². The van der Waals surface area contributed by atoms with Crippen LogP contribution in [0.25, 0.3) is 0 Å². The van der Waals surface area contributed by atoms with Gasteiger partial charge in [0.25, 0.3) is 0 Å². The van der Waals surface area contributed by atoms with E-state index in [0.29, 0.717) is 11.2 Å². The first kappa shape index (κ1) is 15.2. The van der Waals surface area contributed by atoms with Crippen molar-refractivity contribution in [3.8, 4) is 5.75 Å². The molecule has 0 aliphatic carbocycles. The van der Waals surface area contributed by atoms with Gasteiger partial charge in [0.15, 0.2) is 0 Å². The maximum absolute atomic E-state index is 9.93. The summed E-state index contributed by atoms with van der Waals surface area (Å²) in [4.78, 5) is 2.44. The molecule has 112 valence electrons. The van der Waals surface area contributed by atoms with Gasteiger partial charge >= 0.3 is 0 Å². The molecule has 0 aromatic heterocycles. The summed E-state index contributed by atoms with van der Waals surface area (Å²) in [5.74, 6) is 1.15. The van der Waals surface area contributed by atoms with E-state index in [4.69, 9.17) is 5.73 Å². The largest absolute Gasteiger partial charge is 0.508 e. The third-order valence-electron chi connectivity index (χ3n) is 4.54. The van der Waals surface area contributed by atoms with Crippen LogP contribution < -0.4 is 5.73 Å². The van der Waals surface area contributed by atoms with E-state index < -0.39 is 0 Å². The van der Waals surface area contributed by atoms with E-state index in [1.165, 1.54) is 19.3 Å². The summed E-state index contributed by atoms with van der Waals surface area (Å²) in [6.45, 7) is 10.1. The number of hydrogen-bond acceptors (Lipinski definition) is 3. The normalized spacial score (nSPS) is 21.6. The van der Waals surface area contributed by atoms with E-state index >= 15 is 0 Å². The second-order valence-corrected chi connectivity index (χ2v) is 7.16. The van der Waals surface area contributed by atoms with Crippen molar-refractivity contribution in [2.24, 2.45) is 11.3 Å². The van der Waals surface area contributed by atoms with Crippen LogP contribution in [0, 0.1) is 11.3 Å². The zero-order chi connectivity index (χ0) is 14.8. The van der Waals surface area contributed by atoms with Gasteiger partial charge in [-0.05, 0) is 61.9 Å². The fourth-order valence-corrected chi connectivity index (χ4v) is 3.15. The molecule has 2 rings (SSSR count). The Labute approximate surface area is 122 Å². The zero-order valence-corrected chi connectivity index (χ0v) is 13.0. The summed E-state index contributed by atoms with van der Waals surface area (Å²) in [5.41, 5.74) is 7.88. The number of nitrogens with zero attached hydrogens (tertiary/aromatic N) is 1. The lowest BCUT2D eigenvalue weighted by Crippen LogP contribution is -2.26. The predicted molar refractivity (Wildman–Crippen MR) is 84.6 cm³/mol. The van der Waals surface area contributed by atoms with Gasteiger partial charge in [0, 0.05) is 17.8 Å². The number of nitrogen functional groups attached to an aromatic ring is 1. The number of rotatable bonds is 2. The monoisotopic (exact) mass is 276 g/mol. The molecule has 1 aliphatic rings. The van der Waals surface area contributed by atoms with Crippen molar-refractivity contribution in [1.82, 2.24) is 4.90 Å². The van der Waals surface area contributed by atoms with E-state index in [1.807, 2.05) is 6.07 Å². The Kier molecular flexibility index (Phi) is 4.59. The summed E-state index contributed by atoms with van der Waals surface area (Å²) in [6.07, 6.45) is 3.79. The number of benzene rings is 1. The molecule has 3 heteroatoms. The van der Waals surface area contributed by atoms with Gasteiger partial charge in [-0.1, -0.05) is 20.8 Å². The highest BCUT2D eigenvalue weighted by molar-refractivity contribution is 5.47. The van der Waals surface area contributed by atoms with Crippen LogP contribution in [-0.4, -0.2) is 23.1 Å². The molecule has 1 unspecified atom stereocenters. The molecule has 3 N–H and O–H groups in total. The molecular weight excluding hydrogens is 248 g/mol. The molecule has 0 saturated carbocycles. The smallest absolute Gasteiger partial charge is 0.120 e. The highest BCUT2D eigenvalue weighted by Crippen LogP contribution is 2.34. The molecule has 1 aromatic rings. The Morgan fingerprint density at radius 1 is 1.25 bits per heavy atom. The lowest BCUT2D eigenvalue weighted by molar-refractivity contribution is 0.206. The zero-order valence-electron chi connectivity index (χ0n) is 13.0. The Balaban J connectivity index is 1.99. The molecule has 0 amide bonds. The van der Waals surface area contributed by atoms with Crippen molar-refractivity contribution in [1.29, 1.82) is 0 Å². The fraction of sp³-hybridized carbons (Fsp3) is 0.647. The molecule has 0 spiro atoms. The lowest BCUT2D eigenvalue weighted by Gasteiger charge is -2.29. The molecule has 1 fully saturated rings. The molecule has 1 saturated heterocycles. The molecular formula is C17H28N2O. The van der Waals surface area contributed by atoms with Crippen LogP contribution >= 0.6 is 0 Å². The summed E-state index contributed by atoms with van der Waals surface area (Å²) >= 11 is 0. The summed E-state index contributed by atoms with van der Waals surface area (Å²) in [7, 11) is 0. The number of anilines is 1. The van der Waals surface area contributed by atoms with Crippen LogP contribution in [-0.2, 0) is 6.54 Å². The Morgan fingerprint density at radius 3 is 2.70 bits per heavy atom. The van der Waals surface area contributed by atoms with Crippen LogP contribution in [0.15, 0.2) is 18.2 Å². The predicted octanol–water partition coefficient (Wildman–Crippen LogP) is 3.62. The first-order valence-corrected chi connectivity index (χ1v) is 7.66. The molecule has 0 bridgehead atoms. The minimum absolute atomic E-state index is 0.357.